The normalized spacial score (nSPS) is 14.1. The molecule has 1 aromatic carbocycles. The van der Waals surface area contributed by atoms with Crippen LogP contribution < -0.4 is 10.5 Å². The van der Waals surface area contributed by atoms with Gasteiger partial charge in [-0.15, -0.1) is 11.3 Å². The Balaban J connectivity index is 1.38. The van der Waals surface area contributed by atoms with E-state index in [1.807, 2.05) is 23.1 Å². The Morgan fingerprint density at radius 1 is 1.09 bits per heavy atom. The molecule has 1 fully saturated rings. The summed E-state index contributed by atoms with van der Waals surface area (Å²) in [5.41, 5.74) is 1.10. The van der Waals surface area contributed by atoms with E-state index in [9.17, 15) is 14.0 Å². The number of hydrogen-bond acceptors (Lipinski definition) is 6. The number of halogens is 1. The van der Waals surface area contributed by atoms with Gasteiger partial charge >= 0.3 is 0 Å². The number of aromatic nitrogens is 3. The monoisotopic (exact) mass is 463 g/mol. The maximum atomic E-state index is 13.5. The molecule has 1 aliphatic heterocycles. The number of amides is 1. The molecule has 5 rings (SSSR count). The molecule has 9 heteroatoms. The van der Waals surface area contributed by atoms with Crippen LogP contribution in [0.2, 0.25) is 0 Å². The highest BCUT2D eigenvalue weighted by Crippen LogP contribution is 2.28. The van der Waals surface area contributed by atoms with Gasteiger partial charge in [0.1, 0.15) is 16.5 Å². The molecule has 3 aromatic heterocycles. The highest BCUT2D eigenvalue weighted by atomic mass is 32.1. The summed E-state index contributed by atoms with van der Waals surface area (Å²) in [5, 5.41) is 0.453. The topological polar surface area (TPSA) is 71.3 Å². The molecule has 0 unspecified atom stereocenters. The van der Waals surface area contributed by atoms with E-state index in [1.54, 1.807) is 25.3 Å². The lowest BCUT2D eigenvalue weighted by molar-refractivity contribution is 0.0751. The summed E-state index contributed by atoms with van der Waals surface area (Å²) < 4.78 is 15.0. The Bertz CT molecular complexity index is 1380. The zero-order valence-electron chi connectivity index (χ0n) is 18.1. The second-order valence-corrected chi connectivity index (χ2v) is 9.01. The number of nitrogens with zero attached hydrogens (tertiary/aromatic N) is 5. The van der Waals surface area contributed by atoms with Gasteiger partial charge in [0, 0.05) is 32.4 Å². The number of piperazine rings is 1. The van der Waals surface area contributed by atoms with Crippen LogP contribution in [0.4, 0.5) is 10.2 Å². The van der Waals surface area contributed by atoms with Crippen LogP contribution in [0.1, 0.15) is 20.8 Å². The van der Waals surface area contributed by atoms with Crippen molar-refractivity contribution in [2.24, 2.45) is 0 Å². The lowest BCUT2D eigenvalue weighted by Crippen LogP contribution is -2.49. The largest absolute Gasteiger partial charge is 0.353 e. The first kappa shape index (κ1) is 21.3. The molecule has 0 atom stereocenters. The van der Waals surface area contributed by atoms with Crippen LogP contribution in [0.5, 0.6) is 0 Å². The van der Waals surface area contributed by atoms with Crippen LogP contribution in [-0.4, -0.2) is 51.5 Å². The standard InChI is InChI=1S/C24H22FN5O2S/c1-16-20-22(27-15-30(23(20)31)14-17-5-4-6-18(25)13-17)33-21(16)24(32)29-11-9-28(10-12-29)19-7-2-3-8-26-19/h2-8,13,15H,9-12,14H2,1H3. The van der Waals surface area contributed by atoms with E-state index in [-0.39, 0.29) is 23.8 Å². The van der Waals surface area contributed by atoms with Crippen molar-refractivity contribution < 1.29 is 9.18 Å². The van der Waals surface area contributed by atoms with E-state index in [2.05, 4.69) is 14.9 Å². The Morgan fingerprint density at radius 2 is 1.91 bits per heavy atom. The predicted octanol–water partition coefficient (Wildman–Crippen LogP) is 3.31. The highest BCUT2D eigenvalue weighted by Gasteiger charge is 2.27. The summed E-state index contributed by atoms with van der Waals surface area (Å²) >= 11 is 1.25. The minimum Gasteiger partial charge on any atom is -0.353 e. The van der Waals surface area contributed by atoms with Gasteiger partial charge in [-0.3, -0.25) is 14.2 Å². The van der Waals surface area contributed by atoms with Gasteiger partial charge in [-0.1, -0.05) is 18.2 Å². The van der Waals surface area contributed by atoms with Crippen molar-refractivity contribution in [1.82, 2.24) is 19.4 Å². The molecule has 0 saturated carbocycles. The number of rotatable bonds is 4. The Morgan fingerprint density at radius 3 is 2.64 bits per heavy atom. The lowest BCUT2D eigenvalue weighted by atomic mass is 10.2. The number of benzene rings is 1. The van der Waals surface area contributed by atoms with E-state index >= 15 is 0 Å². The maximum absolute atomic E-state index is 13.5. The fourth-order valence-electron chi connectivity index (χ4n) is 4.13. The molecular formula is C24H22FN5O2S. The van der Waals surface area contributed by atoms with Gasteiger partial charge < -0.3 is 9.80 Å². The number of carbonyl (C=O) groups excluding carboxylic acids is 1. The molecule has 0 bridgehead atoms. The number of fused-ring (bicyclic) bond motifs is 1. The van der Waals surface area contributed by atoms with E-state index < -0.39 is 0 Å². The van der Waals surface area contributed by atoms with Crippen molar-refractivity contribution in [3.8, 4) is 0 Å². The summed E-state index contributed by atoms with van der Waals surface area (Å²) in [6.07, 6.45) is 3.23. The average molecular weight is 464 g/mol. The van der Waals surface area contributed by atoms with Gasteiger partial charge in [0.2, 0.25) is 0 Å². The van der Waals surface area contributed by atoms with Gasteiger partial charge in [-0.05, 0) is 42.3 Å². The Kier molecular flexibility index (Phi) is 5.63. The van der Waals surface area contributed by atoms with E-state index in [0.29, 0.717) is 52.4 Å². The summed E-state index contributed by atoms with van der Waals surface area (Å²) in [6, 6.07) is 11.9. The summed E-state index contributed by atoms with van der Waals surface area (Å²) in [7, 11) is 0. The smallest absolute Gasteiger partial charge is 0.264 e. The molecule has 4 aromatic rings. The molecule has 1 amide bonds. The van der Waals surface area contributed by atoms with Crippen LogP contribution in [0.15, 0.2) is 59.8 Å². The van der Waals surface area contributed by atoms with Crippen molar-refractivity contribution in [3.05, 3.63) is 87.2 Å². The van der Waals surface area contributed by atoms with Gasteiger partial charge in [0.25, 0.3) is 11.5 Å². The average Bonchev–Trinajstić information content (AvgIpc) is 3.18. The molecule has 0 spiro atoms. The molecule has 168 valence electrons. The molecule has 0 radical (unpaired) electrons. The number of thiophene rings is 1. The SMILES string of the molecule is Cc1c(C(=O)N2CCN(c3ccccn3)CC2)sc2ncn(Cc3cccc(F)c3)c(=O)c12. The van der Waals surface area contributed by atoms with Crippen LogP contribution >= 0.6 is 11.3 Å². The number of hydrogen-bond donors (Lipinski definition) is 0. The van der Waals surface area contributed by atoms with Crippen LogP contribution in [0.3, 0.4) is 0 Å². The van der Waals surface area contributed by atoms with Crippen molar-refractivity contribution >= 4 is 33.3 Å². The fourth-order valence-corrected chi connectivity index (χ4v) is 5.24. The minimum atomic E-state index is -0.350. The fraction of sp³-hybridized carbons (Fsp3) is 0.250. The van der Waals surface area contributed by atoms with Crippen LogP contribution in [-0.2, 0) is 6.54 Å². The first-order valence-corrected chi connectivity index (χ1v) is 11.5. The van der Waals surface area contributed by atoms with Crippen molar-refractivity contribution in [2.45, 2.75) is 13.5 Å². The molecule has 1 aliphatic rings. The van der Waals surface area contributed by atoms with E-state index in [4.69, 9.17) is 0 Å². The minimum absolute atomic E-state index is 0.0766. The number of pyridine rings is 1. The van der Waals surface area contributed by atoms with Crippen LogP contribution in [0.25, 0.3) is 10.2 Å². The molecule has 4 heterocycles. The number of aryl methyl sites for hydroxylation is 1. The zero-order chi connectivity index (χ0) is 22.9. The van der Waals surface area contributed by atoms with Crippen molar-refractivity contribution in [3.63, 3.8) is 0 Å². The quantitative estimate of drug-likeness (QED) is 0.464. The predicted molar refractivity (Wildman–Crippen MR) is 126 cm³/mol. The number of carbonyl (C=O) groups is 1. The van der Waals surface area contributed by atoms with Crippen molar-refractivity contribution in [1.29, 1.82) is 0 Å². The van der Waals surface area contributed by atoms with E-state index in [1.165, 1.54) is 34.4 Å². The van der Waals surface area contributed by atoms with Crippen LogP contribution in [0, 0.1) is 12.7 Å². The maximum Gasteiger partial charge on any atom is 0.264 e. The third kappa shape index (κ3) is 4.11. The highest BCUT2D eigenvalue weighted by molar-refractivity contribution is 7.20. The first-order chi connectivity index (χ1) is 16.0. The zero-order valence-corrected chi connectivity index (χ0v) is 18.9. The summed E-state index contributed by atoms with van der Waals surface area (Å²) in [5.74, 6) is 0.482. The Hall–Kier alpha value is -3.59. The molecule has 33 heavy (non-hydrogen) atoms. The first-order valence-electron chi connectivity index (χ1n) is 10.7. The van der Waals surface area contributed by atoms with Gasteiger partial charge in [-0.25, -0.2) is 14.4 Å². The van der Waals surface area contributed by atoms with Gasteiger partial charge in [0.05, 0.1) is 23.1 Å². The van der Waals surface area contributed by atoms with Gasteiger partial charge in [0.15, 0.2) is 0 Å². The second-order valence-electron chi connectivity index (χ2n) is 8.01. The summed E-state index contributed by atoms with van der Waals surface area (Å²) in [6.45, 7) is 4.58. The molecule has 0 aliphatic carbocycles. The van der Waals surface area contributed by atoms with Gasteiger partial charge in [-0.2, -0.15) is 0 Å². The third-order valence-electron chi connectivity index (χ3n) is 5.89. The molecule has 7 nitrogen and oxygen atoms in total. The summed E-state index contributed by atoms with van der Waals surface area (Å²) in [4.78, 5) is 40.3. The third-order valence-corrected chi connectivity index (χ3v) is 7.08. The lowest BCUT2D eigenvalue weighted by Gasteiger charge is -2.35. The molecular weight excluding hydrogens is 441 g/mol. The second kappa shape index (κ2) is 8.74. The van der Waals surface area contributed by atoms with E-state index in [0.717, 1.165) is 5.82 Å². The molecule has 0 N–H and O–H groups in total. The Labute approximate surface area is 193 Å². The molecule has 1 saturated heterocycles. The van der Waals surface area contributed by atoms with Crippen molar-refractivity contribution in [2.75, 3.05) is 31.1 Å². The number of anilines is 1.